The summed E-state index contributed by atoms with van der Waals surface area (Å²) in [5.41, 5.74) is 11.1. The van der Waals surface area contributed by atoms with Crippen molar-refractivity contribution in [2.75, 3.05) is 27.0 Å². The second-order valence-corrected chi connectivity index (χ2v) is 5.47. The molecule has 2 aliphatic heterocycles. The first-order chi connectivity index (χ1) is 11.3. The highest BCUT2D eigenvalue weighted by Crippen LogP contribution is 2.30. The van der Waals surface area contributed by atoms with Gasteiger partial charge in [0.25, 0.3) is 0 Å². The Bertz CT molecular complexity index is 630. The van der Waals surface area contributed by atoms with Gasteiger partial charge in [-0.15, -0.1) is 0 Å². The van der Waals surface area contributed by atoms with Gasteiger partial charge in [-0.05, 0) is 16.7 Å². The van der Waals surface area contributed by atoms with Crippen LogP contribution in [0.3, 0.4) is 0 Å². The van der Waals surface area contributed by atoms with E-state index in [0.717, 1.165) is 16.8 Å². The summed E-state index contributed by atoms with van der Waals surface area (Å²) >= 11 is 0. The molecular formula is C15H17FN4O3. The first-order valence-electron chi connectivity index (χ1n) is 7.33. The zero-order valence-corrected chi connectivity index (χ0v) is 12.6. The number of benzene rings is 1. The number of ether oxygens (including phenoxy) is 2. The first-order valence-corrected chi connectivity index (χ1v) is 7.33. The van der Waals surface area contributed by atoms with Crippen molar-refractivity contribution in [3.63, 3.8) is 0 Å². The topological polar surface area (TPSA) is 88.8 Å². The average Bonchev–Trinajstić information content (AvgIpc) is 3.18. The lowest BCUT2D eigenvalue weighted by molar-refractivity contribution is 0.0558. The minimum atomic E-state index is -0.893. The Morgan fingerprint density at radius 3 is 2.87 bits per heavy atom. The first kappa shape index (κ1) is 15.7. The van der Waals surface area contributed by atoms with Crippen molar-refractivity contribution in [3.05, 3.63) is 45.8 Å². The molecule has 1 aromatic carbocycles. The molecule has 8 heteroatoms. The monoisotopic (exact) mass is 320 g/mol. The Balaban J connectivity index is 1.80. The third-order valence-corrected chi connectivity index (χ3v) is 4.16. The van der Waals surface area contributed by atoms with E-state index < -0.39 is 18.8 Å². The van der Waals surface area contributed by atoms with E-state index in [9.17, 15) is 4.39 Å². The molecule has 23 heavy (non-hydrogen) atoms. The fraction of sp³-hybridized carbons (Fsp3) is 0.533. The number of alkyl halides is 1. The summed E-state index contributed by atoms with van der Waals surface area (Å²) < 4.78 is 23.7. The molecule has 2 heterocycles. The maximum Gasteiger partial charge on any atom is 0.161 e. The summed E-state index contributed by atoms with van der Waals surface area (Å²) in [7, 11) is 1.46. The molecule has 7 nitrogen and oxygen atoms in total. The zero-order chi connectivity index (χ0) is 16.2. The molecule has 0 spiro atoms. The second-order valence-electron chi connectivity index (χ2n) is 5.47. The van der Waals surface area contributed by atoms with Gasteiger partial charge >= 0.3 is 0 Å². The molecule has 2 unspecified atom stereocenters. The van der Waals surface area contributed by atoms with Crippen molar-refractivity contribution in [1.29, 1.82) is 0 Å². The Morgan fingerprint density at radius 2 is 2.22 bits per heavy atom. The molecule has 0 saturated carbocycles. The van der Waals surface area contributed by atoms with Gasteiger partial charge in [0.05, 0.1) is 37.0 Å². The largest absolute Gasteiger partial charge is 0.389 e. The highest BCUT2D eigenvalue weighted by atomic mass is 19.1. The molecule has 0 bridgehead atoms. The Labute approximate surface area is 132 Å². The molecule has 0 aromatic heterocycles. The van der Waals surface area contributed by atoms with Crippen LogP contribution in [0.2, 0.25) is 0 Å². The predicted molar refractivity (Wildman–Crippen MR) is 80.8 cm³/mol. The lowest BCUT2D eigenvalue weighted by atomic mass is 9.93. The molecule has 0 aliphatic carbocycles. The van der Waals surface area contributed by atoms with Gasteiger partial charge in [0.15, 0.2) is 6.10 Å². The third kappa shape index (κ3) is 3.01. The van der Waals surface area contributed by atoms with Crippen LogP contribution in [-0.4, -0.2) is 44.9 Å². The van der Waals surface area contributed by atoms with E-state index in [4.69, 9.17) is 19.8 Å². The lowest BCUT2D eigenvalue weighted by Crippen LogP contribution is -2.22. The van der Waals surface area contributed by atoms with E-state index in [-0.39, 0.29) is 12.0 Å². The van der Waals surface area contributed by atoms with E-state index in [1.54, 1.807) is 0 Å². The predicted octanol–water partition coefficient (Wildman–Crippen LogP) is 2.77. The summed E-state index contributed by atoms with van der Waals surface area (Å²) in [5.74, 6) is 0.154. The average molecular weight is 320 g/mol. The van der Waals surface area contributed by atoms with E-state index in [0.29, 0.717) is 13.2 Å². The smallest absolute Gasteiger partial charge is 0.161 e. The van der Waals surface area contributed by atoms with Crippen molar-refractivity contribution >= 4 is 5.71 Å². The van der Waals surface area contributed by atoms with E-state index in [2.05, 4.69) is 15.2 Å². The number of methoxy groups -OCH3 is 1. The van der Waals surface area contributed by atoms with Crippen LogP contribution in [0.4, 0.5) is 4.39 Å². The van der Waals surface area contributed by atoms with E-state index in [1.165, 1.54) is 7.11 Å². The maximum atomic E-state index is 13.0. The van der Waals surface area contributed by atoms with Crippen LogP contribution in [0.5, 0.6) is 0 Å². The van der Waals surface area contributed by atoms with Crippen molar-refractivity contribution in [2.24, 2.45) is 16.2 Å². The van der Waals surface area contributed by atoms with Crippen LogP contribution in [0, 0.1) is 5.92 Å². The number of nitrogens with zero attached hydrogens (tertiary/aromatic N) is 4. The van der Waals surface area contributed by atoms with Crippen LogP contribution < -0.4 is 0 Å². The van der Waals surface area contributed by atoms with Crippen LogP contribution in [0.1, 0.15) is 17.2 Å². The lowest BCUT2D eigenvalue weighted by Gasteiger charge is -2.20. The molecule has 1 aromatic rings. The number of hydrogen-bond acceptors (Lipinski definition) is 5. The van der Waals surface area contributed by atoms with Gasteiger partial charge in [0, 0.05) is 12.0 Å². The van der Waals surface area contributed by atoms with Gasteiger partial charge in [-0.25, -0.2) is 0 Å². The fourth-order valence-electron chi connectivity index (χ4n) is 2.95. The minimum absolute atomic E-state index is 0.00251. The number of halogens is 1. The number of fused-ring (bicyclic) bond motifs is 1. The SMILES string of the molecule is CO[C@H](c1ccc(C2=NOC3COCC23)cc1)[C@@H](CF)N=[N+]=[N-]. The van der Waals surface area contributed by atoms with Crippen LogP contribution in [0.15, 0.2) is 34.5 Å². The van der Waals surface area contributed by atoms with Gasteiger partial charge < -0.3 is 14.3 Å². The van der Waals surface area contributed by atoms with Gasteiger partial charge in [-0.2, -0.15) is 0 Å². The number of azide groups is 1. The second kappa shape index (κ2) is 6.95. The Kier molecular flexibility index (Phi) is 4.76. The molecule has 0 amide bonds. The van der Waals surface area contributed by atoms with Gasteiger partial charge in [-0.1, -0.05) is 34.5 Å². The van der Waals surface area contributed by atoms with Crippen LogP contribution in [-0.2, 0) is 14.3 Å². The quantitative estimate of drug-likeness (QED) is 0.458. The van der Waals surface area contributed by atoms with Gasteiger partial charge in [0.1, 0.15) is 6.67 Å². The highest BCUT2D eigenvalue weighted by molar-refractivity contribution is 6.03. The number of oxime groups is 1. The minimum Gasteiger partial charge on any atom is -0.389 e. The Hall–Kier alpha value is -2.15. The van der Waals surface area contributed by atoms with Crippen molar-refractivity contribution in [2.45, 2.75) is 18.2 Å². The summed E-state index contributed by atoms with van der Waals surface area (Å²) in [6, 6.07) is 6.52. The molecule has 2 aliphatic rings. The Morgan fingerprint density at radius 1 is 1.43 bits per heavy atom. The zero-order valence-electron chi connectivity index (χ0n) is 12.6. The van der Waals surface area contributed by atoms with Crippen molar-refractivity contribution < 1.29 is 18.7 Å². The fourth-order valence-corrected chi connectivity index (χ4v) is 2.95. The normalized spacial score (nSPS) is 25.0. The molecule has 3 rings (SSSR count). The van der Waals surface area contributed by atoms with Gasteiger partial charge in [0.2, 0.25) is 0 Å². The summed E-state index contributed by atoms with van der Waals surface area (Å²) in [6.07, 6.45) is -0.633. The molecular weight excluding hydrogens is 303 g/mol. The standard InChI is InChI=1S/C15H17FN4O3/c1-21-15(12(6-16)18-20-17)10-4-2-9(3-5-10)14-11-7-22-8-13(11)23-19-14/h2-5,11-13,15H,6-8H2,1H3/t11?,12-,13?,15-/m1/s1. The number of hydrogen-bond donors (Lipinski definition) is 0. The molecule has 0 radical (unpaired) electrons. The molecule has 0 N–H and O–H groups in total. The van der Waals surface area contributed by atoms with Crippen molar-refractivity contribution in [3.8, 4) is 0 Å². The molecule has 4 atom stereocenters. The van der Waals surface area contributed by atoms with Crippen LogP contribution >= 0.6 is 0 Å². The van der Waals surface area contributed by atoms with E-state index in [1.807, 2.05) is 24.3 Å². The highest BCUT2D eigenvalue weighted by Gasteiger charge is 2.39. The maximum absolute atomic E-state index is 13.0. The number of rotatable bonds is 6. The summed E-state index contributed by atoms with van der Waals surface area (Å²) in [5, 5.41) is 7.60. The van der Waals surface area contributed by atoms with Gasteiger partial charge in [-0.3, -0.25) is 4.39 Å². The third-order valence-electron chi connectivity index (χ3n) is 4.16. The summed E-state index contributed by atoms with van der Waals surface area (Å²) in [6.45, 7) is 0.380. The molecule has 122 valence electrons. The molecule has 1 fully saturated rings. The molecule has 1 saturated heterocycles. The van der Waals surface area contributed by atoms with Crippen molar-refractivity contribution in [1.82, 2.24) is 0 Å². The van der Waals surface area contributed by atoms with Crippen LogP contribution in [0.25, 0.3) is 10.4 Å². The van der Waals surface area contributed by atoms with E-state index >= 15 is 0 Å². The summed E-state index contributed by atoms with van der Waals surface area (Å²) in [4.78, 5) is 8.04.